The van der Waals surface area contributed by atoms with E-state index in [1.807, 2.05) is 13.8 Å². The highest BCUT2D eigenvalue weighted by Crippen LogP contribution is 2.32. The van der Waals surface area contributed by atoms with Crippen molar-refractivity contribution >= 4 is 28.6 Å². The predicted octanol–water partition coefficient (Wildman–Crippen LogP) is 2.28. The van der Waals surface area contributed by atoms with Crippen LogP contribution in [0.15, 0.2) is 32.8 Å². The molecule has 2 aromatic rings. The third-order valence-electron chi connectivity index (χ3n) is 3.53. The number of nitrogens with zero attached hydrogens (tertiary/aromatic N) is 4. The molecule has 0 fully saturated rings. The molecule has 1 heterocycles. The summed E-state index contributed by atoms with van der Waals surface area (Å²) < 4.78 is 15.8. The highest BCUT2D eigenvalue weighted by Gasteiger charge is 2.18. The standard InChI is InChI=1S/C15H16ClFN4O3S/c1-4-20(5-2)15(24)25-12-7-11(10(17)6-9(12)16)21-14(23)19(3)13(22)8-18-21/h6-8H,4-5H2,1-3H3. The van der Waals surface area contributed by atoms with Crippen LogP contribution >= 0.6 is 23.4 Å². The van der Waals surface area contributed by atoms with Crippen LogP contribution in [0.4, 0.5) is 9.18 Å². The molecule has 10 heteroatoms. The van der Waals surface area contributed by atoms with Gasteiger partial charge in [0, 0.05) is 25.0 Å². The van der Waals surface area contributed by atoms with Gasteiger partial charge < -0.3 is 4.90 Å². The Balaban J connectivity index is 2.52. The number of benzene rings is 1. The first-order valence-corrected chi connectivity index (χ1v) is 8.61. The zero-order valence-electron chi connectivity index (χ0n) is 13.8. The summed E-state index contributed by atoms with van der Waals surface area (Å²) in [5, 5.41) is 3.47. The summed E-state index contributed by atoms with van der Waals surface area (Å²) in [4.78, 5) is 37.7. The monoisotopic (exact) mass is 386 g/mol. The maximum absolute atomic E-state index is 14.3. The molecule has 0 aliphatic carbocycles. The van der Waals surface area contributed by atoms with Gasteiger partial charge in [0.05, 0.1) is 5.02 Å². The Morgan fingerprint density at radius 3 is 2.56 bits per heavy atom. The summed E-state index contributed by atoms with van der Waals surface area (Å²) in [6.07, 6.45) is 0.906. The molecule has 0 atom stereocenters. The summed E-state index contributed by atoms with van der Waals surface area (Å²) in [6.45, 7) is 4.73. The third-order valence-corrected chi connectivity index (χ3v) is 4.95. The van der Waals surface area contributed by atoms with Crippen LogP contribution in [0, 0.1) is 5.82 Å². The second kappa shape index (κ2) is 7.83. The van der Waals surface area contributed by atoms with Crippen LogP contribution < -0.4 is 11.2 Å². The lowest BCUT2D eigenvalue weighted by Crippen LogP contribution is -2.38. The number of hydrogen-bond donors (Lipinski definition) is 0. The summed E-state index contributed by atoms with van der Waals surface area (Å²) in [5.41, 5.74) is -1.61. The fourth-order valence-corrected chi connectivity index (χ4v) is 3.21. The first-order chi connectivity index (χ1) is 11.8. The first kappa shape index (κ1) is 19.2. The maximum Gasteiger partial charge on any atom is 0.352 e. The fourth-order valence-electron chi connectivity index (χ4n) is 2.04. The smallest absolute Gasteiger partial charge is 0.334 e. The molecule has 0 aliphatic rings. The van der Waals surface area contributed by atoms with Gasteiger partial charge in [0.1, 0.15) is 11.9 Å². The topological polar surface area (TPSA) is 77.2 Å². The van der Waals surface area contributed by atoms with Gasteiger partial charge in [0.25, 0.3) is 10.8 Å². The van der Waals surface area contributed by atoms with Gasteiger partial charge in [-0.05, 0) is 37.7 Å². The lowest BCUT2D eigenvalue weighted by molar-refractivity contribution is 0.228. The van der Waals surface area contributed by atoms with Gasteiger partial charge in [-0.2, -0.15) is 9.78 Å². The van der Waals surface area contributed by atoms with E-state index in [0.717, 1.165) is 33.3 Å². The van der Waals surface area contributed by atoms with E-state index in [-0.39, 0.29) is 20.8 Å². The molecule has 0 unspecified atom stereocenters. The summed E-state index contributed by atoms with van der Waals surface area (Å²) in [5.74, 6) is -0.794. The van der Waals surface area contributed by atoms with Crippen LogP contribution in [-0.4, -0.2) is 37.6 Å². The number of amides is 1. The van der Waals surface area contributed by atoms with E-state index in [9.17, 15) is 18.8 Å². The molecule has 1 aromatic carbocycles. The Hall–Kier alpha value is -2.13. The highest BCUT2D eigenvalue weighted by atomic mass is 35.5. The van der Waals surface area contributed by atoms with Crippen molar-refractivity contribution in [3.8, 4) is 5.69 Å². The van der Waals surface area contributed by atoms with Crippen LogP contribution in [0.2, 0.25) is 5.02 Å². The van der Waals surface area contributed by atoms with Crippen molar-refractivity contribution in [2.45, 2.75) is 18.7 Å². The molecule has 0 N–H and O–H groups in total. The van der Waals surface area contributed by atoms with Crippen LogP contribution in [0.25, 0.3) is 5.69 Å². The predicted molar refractivity (Wildman–Crippen MR) is 94.2 cm³/mol. The number of carbonyl (C=O) groups is 1. The second-order valence-electron chi connectivity index (χ2n) is 5.01. The number of rotatable bonds is 4. The minimum atomic E-state index is -0.806. The van der Waals surface area contributed by atoms with E-state index >= 15 is 0 Å². The van der Waals surface area contributed by atoms with Gasteiger partial charge in [-0.25, -0.2) is 9.18 Å². The van der Waals surface area contributed by atoms with Gasteiger partial charge in [0.2, 0.25) is 0 Å². The molecule has 134 valence electrons. The molecule has 0 radical (unpaired) electrons. The minimum absolute atomic E-state index is 0.0459. The Bertz CT molecular complexity index is 924. The van der Waals surface area contributed by atoms with E-state index in [0.29, 0.717) is 13.1 Å². The van der Waals surface area contributed by atoms with Gasteiger partial charge >= 0.3 is 5.69 Å². The normalized spacial score (nSPS) is 10.8. The quantitative estimate of drug-likeness (QED) is 0.753. The highest BCUT2D eigenvalue weighted by molar-refractivity contribution is 8.13. The lowest BCUT2D eigenvalue weighted by atomic mass is 10.3. The van der Waals surface area contributed by atoms with Crippen molar-refractivity contribution in [2.75, 3.05) is 13.1 Å². The molecular formula is C15H16ClFN4O3S. The fraction of sp³-hybridized carbons (Fsp3) is 0.333. The molecule has 0 bridgehead atoms. The summed E-state index contributed by atoms with van der Waals surface area (Å²) >= 11 is 6.86. The average molecular weight is 387 g/mol. The zero-order valence-corrected chi connectivity index (χ0v) is 15.4. The molecule has 0 saturated heterocycles. The maximum atomic E-state index is 14.3. The van der Waals surface area contributed by atoms with E-state index in [4.69, 9.17) is 11.6 Å². The molecule has 0 saturated carbocycles. The molecule has 0 aliphatic heterocycles. The lowest BCUT2D eigenvalue weighted by Gasteiger charge is -2.18. The molecule has 25 heavy (non-hydrogen) atoms. The van der Waals surface area contributed by atoms with Gasteiger partial charge in [0.15, 0.2) is 5.82 Å². The SMILES string of the molecule is CCN(CC)C(=O)Sc1cc(-n2ncc(=O)n(C)c2=O)c(F)cc1Cl. The van der Waals surface area contributed by atoms with E-state index in [1.165, 1.54) is 13.1 Å². The number of halogens is 2. The Labute approximate surface area is 152 Å². The third kappa shape index (κ3) is 3.93. The van der Waals surface area contributed by atoms with Crippen molar-refractivity contribution in [1.29, 1.82) is 0 Å². The van der Waals surface area contributed by atoms with Gasteiger partial charge in [-0.15, -0.1) is 0 Å². The zero-order chi connectivity index (χ0) is 18.7. The summed E-state index contributed by atoms with van der Waals surface area (Å²) in [7, 11) is 1.26. The average Bonchev–Trinajstić information content (AvgIpc) is 2.57. The van der Waals surface area contributed by atoms with Crippen LogP contribution in [0.3, 0.4) is 0 Å². The minimum Gasteiger partial charge on any atom is -0.334 e. The van der Waals surface area contributed by atoms with E-state index in [2.05, 4.69) is 5.10 Å². The molecule has 0 spiro atoms. The number of thioether (sulfide) groups is 1. The number of carbonyl (C=O) groups excluding carboxylic acids is 1. The van der Waals surface area contributed by atoms with Gasteiger partial charge in [-0.3, -0.25) is 14.2 Å². The largest absolute Gasteiger partial charge is 0.352 e. The van der Waals surface area contributed by atoms with Crippen molar-refractivity contribution in [3.63, 3.8) is 0 Å². The van der Waals surface area contributed by atoms with E-state index in [1.54, 1.807) is 4.90 Å². The molecule has 7 nitrogen and oxygen atoms in total. The second-order valence-corrected chi connectivity index (χ2v) is 6.41. The summed E-state index contributed by atoms with van der Waals surface area (Å²) in [6, 6.07) is 2.27. The Morgan fingerprint density at radius 2 is 1.96 bits per heavy atom. The molecular weight excluding hydrogens is 371 g/mol. The van der Waals surface area contributed by atoms with Crippen molar-refractivity contribution < 1.29 is 9.18 Å². The van der Waals surface area contributed by atoms with E-state index < -0.39 is 17.1 Å². The number of aromatic nitrogens is 3. The van der Waals surface area contributed by atoms with Crippen molar-refractivity contribution in [1.82, 2.24) is 19.2 Å². The molecule has 1 amide bonds. The van der Waals surface area contributed by atoms with Crippen LogP contribution in [0.5, 0.6) is 0 Å². The first-order valence-electron chi connectivity index (χ1n) is 7.41. The Kier molecular flexibility index (Phi) is 6.02. The Morgan fingerprint density at radius 1 is 1.32 bits per heavy atom. The van der Waals surface area contributed by atoms with Crippen molar-refractivity contribution in [3.05, 3.63) is 50.0 Å². The van der Waals surface area contributed by atoms with Crippen molar-refractivity contribution in [2.24, 2.45) is 7.05 Å². The molecule has 2 rings (SSSR count). The van der Waals surface area contributed by atoms with Crippen LogP contribution in [0.1, 0.15) is 13.8 Å². The molecule has 1 aromatic heterocycles. The van der Waals surface area contributed by atoms with Gasteiger partial charge in [-0.1, -0.05) is 11.6 Å². The van der Waals surface area contributed by atoms with Crippen LogP contribution in [-0.2, 0) is 7.05 Å². The number of hydrogen-bond acceptors (Lipinski definition) is 5.